The third-order valence-electron chi connectivity index (χ3n) is 0. The topological polar surface area (TPSA) is 235 Å². The van der Waals surface area contributed by atoms with Crippen molar-refractivity contribution < 1.29 is 19.8 Å². The summed E-state index contributed by atoms with van der Waals surface area (Å²) in [5, 5.41) is 0. The van der Waals surface area contributed by atoms with Gasteiger partial charge in [-0.1, -0.05) is 0 Å². The summed E-state index contributed by atoms with van der Waals surface area (Å²) in [5.74, 6) is 0. The van der Waals surface area contributed by atoms with Gasteiger partial charge >= 0.3 is 19.8 Å². The fourth-order valence-corrected chi connectivity index (χ4v) is 0. The summed E-state index contributed by atoms with van der Waals surface area (Å²) >= 11 is 0. The van der Waals surface area contributed by atoms with Crippen LogP contribution in [0.3, 0.4) is 0 Å². The average molecular weight is 358 g/mol. The summed E-state index contributed by atoms with van der Waals surface area (Å²) in [6.45, 7) is 0. The van der Waals surface area contributed by atoms with E-state index in [1.165, 1.54) is 19.6 Å². The van der Waals surface area contributed by atoms with Crippen molar-refractivity contribution >= 4 is 0 Å². The van der Waals surface area contributed by atoms with Crippen molar-refractivity contribution in [3.8, 4) is 0 Å². The maximum absolute atomic E-state index is 6.75. The molecule has 0 spiro atoms. The number of rotatable bonds is 0. The van der Waals surface area contributed by atoms with Gasteiger partial charge in [0.15, 0.2) is 0 Å². The van der Waals surface area contributed by atoms with Gasteiger partial charge in [-0.2, -0.15) is 0 Å². The first-order valence-electron chi connectivity index (χ1n) is 1.60. The van der Waals surface area contributed by atoms with Crippen LogP contribution < -0.4 is 0 Å². The largest absolute Gasteiger partial charge is 4.00 e. The van der Waals surface area contributed by atoms with Crippen LogP contribution in [0, 0.1) is 0 Å². The Balaban J connectivity index is -0.0000000213. The Labute approximate surface area is 84.3 Å². The van der Waals surface area contributed by atoms with E-state index in [1.54, 1.807) is 0 Å². The molecule has 0 aliphatic heterocycles. The Morgan fingerprint density at radius 3 is 0.385 bits per heavy atom. The van der Waals surface area contributed by atoms with Crippen LogP contribution >= 0.6 is 0 Å². The van der Waals surface area contributed by atoms with Crippen LogP contribution in [0.1, 0.15) is 0 Å². The fraction of sp³-hybridized carbons (Fsp3) is 0. The summed E-state index contributed by atoms with van der Waals surface area (Å²) in [5.41, 5.74) is 54.0. The van der Waals surface area contributed by atoms with Gasteiger partial charge in [-0.3, -0.25) is 19.6 Å². The Hall–Kier alpha value is -2.12. The first-order chi connectivity index (χ1) is 5.66. The molecule has 0 saturated heterocycles. The van der Waals surface area contributed by atoms with Gasteiger partial charge in [0.05, 0.1) is 0 Å². The van der Waals surface area contributed by atoms with Crippen LogP contribution in [0.5, 0.6) is 0 Å². The zero-order valence-electron chi connectivity index (χ0n) is 5.72. The van der Waals surface area contributed by atoms with Crippen LogP contribution in [0.2, 0.25) is 0 Å². The second-order valence-electron chi connectivity index (χ2n) is 0.358. The third kappa shape index (κ3) is 136. The number of hydrogen-bond donors (Lipinski definition) is 0. The molecule has 0 radical (unpaired) electrons. The van der Waals surface area contributed by atoms with Crippen molar-refractivity contribution in [1.29, 1.82) is 0 Å². The molecule has 0 unspecified atom stereocenters. The molecule has 0 rings (SSSR count). The van der Waals surface area contributed by atoms with Gasteiger partial charge in [-0.15, -0.1) is 0 Å². The quantitative estimate of drug-likeness (QED) is 0.343. The molecule has 13 heavy (non-hydrogen) atoms. The van der Waals surface area contributed by atoms with Gasteiger partial charge in [-0.05, 0) is 0 Å². The van der Waals surface area contributed by atoms with E-state index in [4.69, 9.17) is 44.2 Å². The second kappa shape index (κ2) is 221. The molecule has 0 N–H and O–H groups in total. The van der Waals surface area contributed by atoms with Crippen LogP contribution in [0.4, 0.5) is 0 Å². The van der Waals surface area contributed by atoms with Crippen molar-refractivity contribution in [1.82, 2.24) is 0 Å². The molecule has 0 fully saturated rings. The van der Waals surface area contributed by atoms with E-state index >= 15 is 0 Å². The van der Waals surface area contributed by atoms with Gasteiger partial charge < -0.3 is 44.2 Å². The Bertz CT molecular complexity index is 137. The first kappa shape index (κ1) is 30.7. The normalized spacial score (nSPS) is 2.46. The average Bonchev–Trinajstić information content (AvgIpc) is 1.92. The zero-order valence-corrected chi connectivity index (χ0v) is 8.26. The summed E-state index contributed by atoms with van der Waals surface area (Å²) in [6.07, 6.45) is 0. The van der Waals surface area contributed by atoms with Gasteiger partial charge in [0.25, 0.3) is 0 Å². The predicted octanol–water partition coefficient (Wildman–Crippen LogP) is 3.46. The second-order valence-corrected chi connectivity index (χ2v) is 0.358. The minimum absolute atomic E-state index is 0. The third-order valence-corrected chi connectivity index (χ3v) is 0. The predicted molar refractivity (Wildman–Crippen MR) is 40.3 cm³/mol. The molecule has 0 amide bonds. The maximum atomic E-state index is 6.75. The zero-order chi connectivity index (χ0) is 10.8. The van der Waals surface area contributed by atoms with Crippen LogP contribution in [-0.4, -0.2) is 0 Å². The van der Waals surface area contributed by atoms with Gasteiger partial charge in [0, 0.05) is 0 Å². The van der Waals surface area contributed by atoms with E-state index in [-0.39, 0.29) is 19.8 Å². The van der Waals surface area contributed by atoms with Crippen LogP contribution in [-0.2, 0) is 19.8 Å². The summed E-state index contributed by atoms with van der Waals surface area (Å²) in [4.78, 5) is 6.00. The molecule has 12 nitrogen and oxygen atoms in total. The van der Waals surface area contributed by atoms with Crippen LogP contribution in [0.25, 0.3) is 63.9 Å². The summed E-state index contributed by atoms with van der Waals surface area (Å²) in [6, 6.07) is 0. The summed E-state index contributed by atoms with van der Waals surface area (Å²) < 4.78 is 0. The molecular weight excluding hydrogens is 358 g/mol. The molecule has 0 aromatic rings. The molecule has 0 saturated carbocycles. The Morgan fingerprint density at radius 1 is 0.385 bits per heavy atom. The molecule has 0 aliphatic rings. The SMILES string of the molecule is [N-]=[N+]=[N-].[N-]=[N+]=[N-].[N-]=[N+]=[N-].[N-]=[N+]=[N-].[Os+4]. The minimum atomic E-state index is 0. The van der Waals surface area contributed by atoms with Crippen molar-refractivity contribution in [3.05, 3.63) is 63.9 Å². The van der Waals surface area contributed by atoms with E-state index < -0.39 is 0 Å². The van der Waals surface area contributed by atoms with Crippen molar-refractivity contribution in [2.24, 2.45) is 0 Å². The molecule has 0 heterocycles. The first-order valence-corrected chi connectivity index (χ1v) is 1.60. The molecule has 13 heteroatoms. The molecule has 0 bridgehead atoms. The van der Waals surface area contributed by atoms with Crippen molar-refractivity contribution in [2.45, 2.75) is 0 Å². The number of nitrogens with zero attached hydrogens (tertiary/aromatic N) is 12. The van der Waals surface area contributed by atoms with Gasteiger partial charge in [0.1, 0.15) is 0 Å². The number of hydrogen-bond acceptors (Lipinski definition) is 0. The van der Waals surface area contributed by atoms with E-state index in [0.29, 0.717) is 0 Å². The minimum Gasteiger partial charge on any atom is -0.373 e. The monoisotopic (exact) mass is 360 g/mol. The molecule has 0 aromatic heterocycles. The molecule has 0 atom stereocenters. The molecular formula is N12Os. The smallest absolute Gasteiger partial charge is 0.373 e. The Morgan fingerprint density at radius 2 is 0.385 bits per heavy atom. The standard InChI is InChI=1S/4N3.Os/c4*1-3-2;/q4*-1;+4. The van der Waals surface area contributed by atoms with Gasteiger partial charge in [-0.25, -0.2) is 0 Å². The fourth-order valence-electron chi connectivity index (χ4n) is 0. The molecule has 68 valence electrons. The Kier molecular flexibility index (Phi) is 522. The van der Waals surface area contributed by atoms with E-state index in [2.05, 4.69) is 0 Å². The van der Waals surface area contributed by atoms with Crippen molar-refractivity contribution in [3.63, 3.8) is 0 Å². The van der Waals surface area contributed by atoms with E-state index in [1.807, 2.05) is 0 Å². The van der Waals surface area contributed by atoms with Crippen molar-refractivity contribution in [2.75, 3.05) is 0 Å². The molecule has 0 aliphatic carbocycles. The molecule has 0 aromatic carbocycles. The van der Waals surface area contributed by atoms with Crippen LogP contribution in [0.15, 0.2) is 0 Å². The van der Waals surface area contributed by atoms with E-state index in [0.717, 1.165) is 0 Å². The van der Waals surface area contributed by atoms with Gasteiger partial charge in [0.2, 0.25) is 0 Å². The van der Waals surface area contributed by atoms with E-state index in [9.17, 15) is 0 Å². The maximum Gasteiger partial charge on any atom is 4.00 e. The summed E-state index contributed by atoms with van der Waals surface area (Å²) in [7, 11) is 0.